The summed E-state index contributed by atoms with van der Waals surface area (Å²) in [5.41, 5.74) is 6.59. The fourth-order valence-corrected chi connectivity index (χ4v) is 1.87. The number of nitro groups is 1. The number of hydrogen-bond acceptors (Lipinski definition) is 4. The highest BCUT2D eigenvalue weighted by molar-refractivity contribution is 5.70. The van der Waals surface area contributed by atoms with Crippen molar-refractivity contribution in [2.45, 2.75) is 19.8 Å². The van der Waals surface area contributed by atoms with Crippen LogP contribution in [0.5, 0.6) is 0 Å². The van der Waals surface area contributed by atoms with Crippen LogP contribution in [0.1, 0.15) is 17.5 Å². The van der Waals surface area contributed by atoms with E-state index in [0.717, 1.165) is 0 Å². The van der Waals surface area contributed by atoms with Gasteiger partial charge in [-0.2, -0.15) is 0 Å². The van der Waals surface area contributed by atoms with Crippen LogP contribution < -0.4 is 5.73 Å². The molecule has 98 valence electrons. The first kappa shape index (κ1) is 14.1. The standard InChI is InChI=1S/C12H16N2O4/c1-8-9(3-2-4-11(8)14(17)18)7-10(5-6-13)12(15)16/h2-4,10H,5-7,13H2,1H3,(H,15,16). The monoisotopic (exact) mass is 252 g/mol. The number of nitrogens with zero attached hydrogens (tertiary/aromatic N) is 1. The van der Waals surface area contributed by atoms with Crippen molar-refractivity contribution in [3.05, 3.63) is 39.4 Å². The summed E-state index contributed by atoms with van der Waals surface area (Å²) in [6.45, 7) is 1.92. The normalized spacial score (nSPS) is 12.1. The summed E-state index contributed by atoms with van der Waals surface area (Å²) in [5.74, 6) is -1.53. The average molecular weight is 252 g/mol. The lowest BCUT2D eigenvalue weighted by molar-refractivity contribution is -0.385. The van der Waals surface area contributed by atoms with E-state index in [1.54, 1.807) is 19.1 Å². The van der Waals surface area contributed by atoms with E-state index in [-0.39, 0.29) is 18.7 Å². The van der Waals surface area contributed by atoms with Crippen molar-refractivity contribution < 1.29 is 14.8 Å². The Kier molecular flexibility index (Phi) is 4.79. The van der Waals surface area contributed by atoms with Crippen LogP contribution in [0.15, 0.2) is 18.2 Å². The molecular weight excluding hydrogens is 236 g/mol. The number of nitro benzene ring substituents is 1. The molecule has 1 rings (SSSR count). The van der Waals surface area contributed by atoms with Crippen LogP contribution in [-0.4, -0.2) is 22.5 Å². The molecule has 0 aromatic heterocycles. The van der Waals surface area contributed by atoms with E-state index < -0.39 is 16.8 Å². The summed E-state index contributed by atoms with van der Waals surface area (Å²) < 4.78 is 0. The minimum atomic E-state index is -0.925. The number of carboxylic acid groups (broad SMARTS) is 1. The lowest BCUT2D eigenvalue weighted by atomic mass is 9.93. The van der Waals surface area contributed by atoms with Gasteiger partial charge in [-0.3, -0.25) is 14.9 Å². The first-order chi connectivity index (χ1) is 8.47. The number of hydrogen-bond donors (Lipinski definition) is 2. The maximum atomic E-state index is 11.0. The molecule has 6 heteroatoms. The van der Waals surface area contributed by atoms with Gasteiger partial charge in [0.15, 0.2) is 0 Å². The summed E-state index contributed by atoms with van der Waals surface area (Å²) in [5, 5.41) is 19.8. The van der Waals surface area contributed by atoms with Crippen LogP contribution in [0, 0.1) is 23.0 Å². The lowest BCUT2D eigenvalue weighted by Crippen LogP contribution is -2.20. The van der Waals surface area contributed by atoms with E-state index in [2.05, 4.69) is 0 Å². The Balaban J connectivity index is 2.99. The van der Waals surface area contributed by atoms with Gasteiger partial charge in [0.1, 0.15) is 0 Å². The third kappa shape index (κ3) is 3.27. The highest BCUT2D eigenvalue weighted by Gasteiger charge is 2.20. The van der Waals surface area contributed by atoms with Gasteiger partial charge in [0.2, 0.25) is 0 Å². The molecule has 0 aliphatic heterocycles. The fourth-order valence-electron chi connectivity index (χ4n) is 1.87. The zero-order chi connectivity index (χ0) is 13.7. The van der Waals surface area contributed by atoms with Gasteiger partial charge >= 0.3 is 5.97 Å². The van der Waals surface area contributed by atoms with Crippen molar-refractivity contribution in [1.82, 2.24) is 0 Å². The molecule has 3 N–H and O–H groups in total. The third-order valence-corrected chi connectivity index (χ3v) is 2.94. The second-order valence-electron chi connectivity index (χ2n) is 4.14. The molecule has 1 aromatic rings. The topological polar surface area (TPSA) is 106 Å². The summed E-state index contributed by atoms with van der Waals surface area (Å²) in [4.78, 5) is 21.4. The van der Waals surface area contributed by atoms with Gasteiger partial charge in [-0.15, -0.1) is 0 Å². The van der Waals surface area contributed by atoms with Gasteiger partial charge in [-0.05, 0) is 31.9 Å². The van der Waals surface area contributed by atoms with E-state index in [1.807, 2.05) is 0 Å². The Bertz CT molecular complexity index is 459. The molecule has 0 aliphatic carbocycles. The van der Waals surface area contributed by atoms with Crippen molar-refractivity contribution in [1.29, 1.82) is 0 Å². The third-order valence-electron chi connectivity index (χ3n) is 2.94. The molecule has 0 heterocycles. The number of carboxylic acids is 1. The van der Waals surface area contributed by atoms with Crippen LogP contribution in [0.4, 0.5) is 5.69 Å². The smallest absolute Gasteiger partial charge is 0.306 e. The van der Waals surface area contributed by atoms with Gasteiger partial charge in [0.25, 0.3) is 5.69 Å². The average Bonchev–Trinajstić information content (AvgIpc) is 2.30. The number of nitrogens with two attached hydrogens (primary N) is 1. The van der Waals surface area contributed by atoms with Crippen molar-refractivity contribution in [3.8, 4) is 0 Å². The van der Waals surface area contributed by atoms with Gasteiger partial charge in [-0.25, -0.2) is 0 Å². The van der Waals surface area contributed by atoms with E-state index in [0.29, 0.717) is 17.5 Å². The van der Waals surface area contributed by atoms with Gasteiger partial charge in [0, 0.05) is 11.6 Å². The summed E-state index contributed by atoms with van der Waals surface area (Å²) >= 11 is 0. The van der Waals surface area contributed by atoms with Crippen LogP contribution >= 0.6 is 0 Å². The molecule has 0 spiro atoms. The highest BCUT2D eigenvalue weighted by Crippen LogP contribution is 2.24. The zero-order valence-corrected chi connectivity index (χ0v) is 10.1. The highest BCUT2D eigenvalue weighted by atomic mass is 16.6. The van der Waals surface area contributed by atoms with E-state index in [9.17, 15) is 14.9 Å². The first-order valence-corrected chi connectivity index (χ1v) is 5.63. The maximum Gasteiger partial charge on any atom is 0.306 e. The van der Waals surface area contributed by atoms with Crippen LogP contribution in [0.25, 0.3) is 0 Å². The molecule has 1 aromatic carbocycles. The Labute approximate surface area is 105 Å². The predicted molar refractivity (Wildman–Crippen MR) is 66.3 cm³/mol. The van der Waals surface area contributed by atoms with Gasteiger partial charge < -0.3 is 10.8 Å². The minimum Gasteiger partial charge on any atom is -0.481 e. The molecule has 0 fully saturated rings. The largest absolute Gasteiger partial charge is 0.481 e. The van der Waals surface area contributed by atoms with Crippen molar-refractivity contribution in [2.24, 2.45) is 11.7 Å². The van der Waals surface area contributed by atoms with Crippen molar-refractivity contribution in [3.63, 3.8) is 0 Å². The summed E-state index contributed by atoms with van der Waals surface area (Å²) in [7, 11) is 0. The van der Waals surface area contributed by atoms with Crippen molar-refractivity contribution >= 4 is 11.7 Å². The number of benzene rings is 1. The molecule has 0 amide bonds. The number of carbonyl (C=O) groups is 1. The lowest BCUT2D eigenvalue weighted by Gasteiger charge is -2.12. The molecule has 6 nitrogen and oxygen atoms in total. The molecule has 18 heavy (non-hydrogen) atoms. The number of rotatable bonds is 6. The molecule has 0 aliphatic rings. The molecule has 0 saturated heterocycles. The van der Waals surface area contributed by atoms with E-state index in [4.69, 9.17) is 10.8 Å². The quantitative estimate of drug-likeness (QED) is 0.589. The number of aliphatic carboxylic acids is 1. The molecule has 1 atom stereocenters. The molecule has 0 bridgehead atoms. The maximum absolute atomic E-state index is 11.0. The van der Waals surface area contributed by atoms with E-state index >= 15 is 0 Å². The second kappa shape index (κ2) is 6.11. The second-order valence-corrected chi connectivity index (χ2v) is 4.14. The van der Waals surface area contributed by atoms with Crippen LogP contribution in [0.2, 0.25) is 0 Å². The van der Waals surface area contributed by atoms with Gasteiger partial charge in [-0.1, -0.05) is 12.1 Å². The Morgan fingerprint density at radius 3 is 2.72 bits per heavy atom. The fraction of sp³-hybridized carbons (Fsp3) is 0.417. The molecule has 1 unspecified atom stereocenters. The van der Waals surface area contributed by atoms with E-state index in [1.165, 1.54) is 6.07 Å². The summed E-state index contributed by atoms with van der Waals surface area (Å²) in [6, 6.07) is 4.70. The van der Waals surface area contributed by atoms with Crippen molar-refractivity contribution in [2.75, 3.05) is 6.54 Å². The Morgan fingerprint density at radius 1 is 1.56 bits per heavy atom. The first-order valence-electron chi connectivity index (χ1n) is 5.63. The SMILES string of the molecule is Cc1c(CC(CCN)C(=O)O)cccc1[N+](=O)[O-]. The molecular formula is C12H16N2O4. The van der Waals surface area contributed by atoms with Crippen LogP contribution in [0.3, 0.4) is 0 Å². The molecule has 0 radical (unpaired) electrons. The summed E-state index contributed by atoms with van der Waals surface area (Å²) in [6.07, 6.45) is 0.623. The molecule has 0 saturated carbocycles. The van der Waals surface area contributed by atoms with Gasteiger partial charge in [0.05, 0.1) is 10.8 Å². The Morgan fingerprint density at radius 2 is 2.22 bits per heavy atom. The Hall–Kier alpha value is -1.95. The van der Waals surface area contributed by atoms with Crippen LogP contribution in [-0.2, 0) is 11.2 Å². The zero-order valence-electron chi connectivity index (χ0n) is 10.1. The minimum absolute atomic E-state index is 0.0180. The predicted octanol–water partition coefficient (Wildman–Crippen LogP) is 1.50.